The van der Waals surface area contributed by atoms with Gasteiger partial charge in [-0.1, -0.05) is 42.0 Å². The Bertz CT molecular complexity index is 1130. The Labute approximate surface area is 171 Å². The van der Waals surface area contributed by atoms with Crippen molar-refractivity contribution in [2.75, 3.05) is 16.6 Å². The third-order valence-electron chi connectivity index (χ3n) is 4.98. The zero-order chi connectivity index (χ0) is 20.1. The zero-order valence-electron chi connectivity index (χ0n) is 16.1. The van der Waals surface area contributed by atoms with Crippen LogP contribution in [0.15, 0.2) is 71.1 Å². The summed E-state index contributed by atoms with van der Waals surface area (Å²) in [6, 6.07) is 15.7. The summed E-state index contributed by atoms with van der Waals surface area (Å²) in [5.41, 5.74) is 2.80. The van der Waals surface area contributed by atoms with E-state index < -0.39 is 10.0 Å². The molecule has 2 N–H and O–H groups in total. The first-order valence-electron chi connectivity index (χ1n) is 9.88. The molecular weight excluding hydrogens is 384 g/mol. The highest BCUT2D eigenvalue weighted by atomic mass is 32.2. The summed E-state index contributed by atoms with van der Waals surface area (Å²) in [6.45, 7) is 0.679. The molecule has 1 heterocycles. The van der Waals surface area contributed by atoms with E-state index in [1.54, 1.807) is 30.3 Å². The van der Waals surface area contributed by atoms with Crippen molar-refractivity contribution in [2.45, 2.75) is 37.0 Å². The summed E-state index contributed by atoms with van der Waals surface area (Å²) in [7, 11) is -3.75. The zero-order valence-corrected chi connectivity index (χ0v) is 17.0. The second kappa shape index (κ2) is 8.61. The minimum absolute atomic E-state index is 0.188. The van der Waals surface area contributed by atoms with Crippen LogP contribution in [0.5, 0.6) is 0 Å². The van der Waals surface area contributed by atoms with Crippen LogP contribution in [-0.2, 0) is 10.0 Å². The molecule has 7 heteroatoms. The molecule has 1 aromatic heterocycles. The normalized spacial score (nSPS) is 14.4. The number of benzene rings is 2. The Morgan fingerprint density at radius 2 is 1.55 bits per heavy atom. The molecule has 150 valence electrons. The lowest BCUT2D eigenvalue weighted by Gasteiger charge is -2.16. The molecule has 3 aromatic rings. The van der Waals surface area contributed by atoms with E-state index in [-0.39, 0.29) is 10.7 Å². The monoisotopic (exact) mass is 408 g/mol. The van der Waals surface area contributed by atoms with E-state index in [2.05, 4.69) is 26.1 Å². The summed E-state index contributed by atoms with van der Waals surface area (Å²) in [5.74, 6) is 0.657. The molecule has 4 rings (SSSR count). The number of hydrogen-bond acceptors (Lipinski definition) is 5. The summed E-state index contributed by atoms with van der Waals surface area (Å²) in [4.78, 5) is 9.33. The standard InChI is InChI=1S/C22H24N4O2S/c27-29(28,18-11-5-2-6-12-18)26-22-21(23-16-15-17-9-3-1-4-10-17)24-19-13-7-8-14-20(19)25-22/h2,5-9,11-14H,1,3-4,10,15-16H2,(H,23,24)(H,25,26). The Hall–Kier alpha value is -2.93. The topological polar surface area (TPSA) is 84.0 Å². The van der Waals surface area contributed by atoms with Gasteiger partial charge in [-0.05, 0) is 56.4 Å². The molecular formula is C22H24N4O2S. The van der Waals surface area contributed by atoms with Crippen LogP contribution in [0.1, 0.15) is 32.1 Å². The van der Waals surface area contributed by atoms with Crippen molar-refractivity contribution in [3.63, 3.8) is 0 Å². The second-order valence-electron chi connectivity index (χ2n) is 7.11. The predicted octanol–water partition coefficient (Wildman–Crippen LogP) is 4.73. The molecule has 1 aliphatic carbocycles. The van der Waals surface area contributed by atoms with E-state index in [0.717, 1.165) is 24.8 Å². The number of fused-ring (bicyclic) bond motifs is 1. The number of para-hydroxylation sites is 2. The van der Waals surface area contributed by atoms with Crippen molar-refractivity contribution < 1.29 is 8.42 Å². The fourth-order valence-electron chi connectivity index (χ4n) is 3.45. The Morgan fingerprint density at radius 1 is 0.862 bits per heavy atom. The van der Waals surface area contributed by atoms with Crippen molar-refractivity contribution in [3.8, 4) is 0 Å². The van der Waals surface area contributed by atoms with Crippen LogP contribution in [0.4, 0.5) is 11.6 Å². The van der Waals surface area contributed by atoms with Crippen LogP contribution < -0.4 is 10.0 Å². The predicted molar refractivity (Wildman–Crippen MR) is 116 cm³/mol. The highest BCUT2D eigenvalue weighted by Crippen LogP contribution is 2.25. The van der Waals surface area contributed by atoms with Crippen LogP contribution in [-0.4, -0.2) is 24.9 Å². The Kier molecular flexibility index (Phi) is 5.76. The highest BCUT2D eigenvalue weighted by molar-refractivity contribution is 7.92. The van der Waals surface area contributed by atoms with Crippen molar-refractivity contribution in [2.24, 2.45) is 0 Å². The smallest absolute Gasteiger partial charge is 0.263 e. The minimum atomic E-state index is -3.75. The number of rotatable bonds is 7. The highest BCUT2D eigenvalue weighted by Gasteiger charge is 2.18. The Balaban J connectivity index is 1.60. The SMILES string of the molecule is O=S(=O)(Nc1nc2ccccc2nc1NCCC1=CCCCC1)c1ccccc1. The molecule has 0 saturated heterocycles. The molecule has 6 nitrogen and oxygen atoms in total. The first-order valence-corrected chi connectivity index (χ1v) is 11.4. The van der Waals surface area contributed by atoms with Gasteiger partial charge in [-0.25, -0.2) is 18.4 Å². The maximum Gasteiger partial charge on any atom is 0.263 e. The molecule has 0 spiro atoms. The van der Waals surface area contributed by atoms with Crippen LogP contribution >= 0.6 is 0 Å². The number of anilines is 2. The van der Waals surface area contributed by atoms with Crippen LogP contribution in [0.3, 0.4) is 0 Å². The van der Waals surface area contributed by atoms with Gasteiger partial charge in [0.05, 0.1) is 15.9 Å². The number of aromatic nitrogens is 2. The van der Waals surface area contributed by atoms with Crippen molar-refractivity contribution in [3.05, 3.63) is 66.2 Å². The second-order valence-corrected chi connectivity index (χ2v) is 8.80. The van der Waals surface area contributed by atoms with Crippen molar-refractivity contribution >= 4 is 32.7 Å². The van der Waals surface area contributed by atoms with Gasteiger partial charge < -0.3 is 5.32 Å². The summed E-state index contributed by atoms with van der Waals surface area (Å²) in [5, 5.41) is 3.29. The molecule has 0 atom stereocenters. The van der Waals surface area contributed by atoms with E-state index >= 15 is 0 Å². The molecule has 0 saturated carbocycles. The average molecular weight is 409 g/mol. The molecule has 0 fully saturated rings. The number of hydrogen-bond donors (Lipinski definition) is 2. The third kappa shape index (κ3) is 4.74. The van der Waals surface area contributed by atoms with Gasteiger partial charge in [0.15, 0.2) is 11.6 Å². The van der Waals surface area contributed by atoms with E-state index in [1.807, 2.05) is 24.3 Å². The fourth-order valence-corrected chi connectivity index (χ4v) is 4.48. The van der Waals surface area contributed by atoms with Crippen LogP contribution in [0.25, 0.3) is 11.0 Å². The molecule has 1 aliphatic rings. The lowest BCUT2D eigenvalue weighted by molar-refractivity contribution is 0.601. The van der Waals surface area contributed by atoms with E-state index in [4.69, 9.17) is 0 Å². The molecule has 0 aliphatic heterocycles. The summed E-state index contributed by atoms with van der Waals surface area (Å²) >= 11 is 0. The molecule has 0 radical (unpaired) electrons. The van der Waals surface area contributed by atoms with Crippen molar-refractivity contribution in [1.82, 2.24) is 9.97 Å². The molecule has 2 aromatic carbocycles. The molecule has 0 amide bonds. The number of nitrogens with one attached hydrogen (secondary N) is 2. The minimum Gasteiger partial charge on any atom is -0.367 e. The van der Waals surface area contributed by atoms with Gasteiger partial charge in [0.2, 0.25) is 0 Å². The maximum absolute atomic E-state index is 12.8. The fraction of sp³-hybridized carbons (Fsp3) is 0.273. The van der Waals surface area contributed by atoms with E-state index in [0.29, 0.717) is 17.9 Å². The Morgan fingerprint density at radius 3 is 2.24 bits per heavy atom. The number of nitrogens with zero attached hydrogens (tertiary/aromatic N) is 2. The lowest BCUT2D eigenvalue weighted by atomic mass is 9.97. The summed E-state index contributed by atoms with van der Waals surface area (Å²) in [6.07, 6.45) is 8.02. The lowest BCUT2D eigenvalue weighted by Crippen LogP contribution is -2.17. The van der Waals surface area contributed by atoms with E-state index in [1.165, 1.54) is 18.4 Å². The first-order chi connectivity index (χ1) is 14.1. The molecule has 0 bridgehead atoms. The van der Waals surface area contributed by atoms with Crippen molar-refractivity contribution in [1.29, 1.82) is 0 Å². The third-order valence-corrected chi connectivity index (χ3v) is 6.33. The number of allylic oxidation sites excluding steroid dienone is 1. The largest absolute Gasteiger partial charge is 0.367 e. The maximum atomic E-state index is 12.8. The van der Waals surface area contributed by atoms with E-state index in [9.17, 15) is 8.42 Å². The number of sulfonamides is 1. The van der Waals surface area contributed by atoms with Gasteiger partial charge in [-0.2, -0.15) is 0 Å². The van der Waals surface area contributed by atoms with Gasteiger partial charge in [-0.3, -0.25) is 4.72 Å². The van der Waals surface area contributed by atoms with Crippen LogP contribution in [0.2, 0.25) is 0 Å². The molecule has 0 unspecified atom stereocenters. The quantitative estimate of drug-likeness (QED) is 0.552. The van der Waals surface area contributed by atoms with Gasteiger partial charge >= 0.3 is 0 Å². The van der Waals surface area contributed by atoms with Gasteiger partial charge in [0.1, 0.15) is 0 Å². The van der Waals surface area contributed by atoms with Gasteiger partial charge in [-0.15, -0.1) is 0 Å². The average Bonchev–Trinajstić information content (AvgIpc) is 2.75. The molecule has 29 heavy (non-hydrogen) atoms. The van der Waals surface area contributed by atoms with Gasteiger partial charge in [0, 0.05) is 6.54 Å². The summed E-state index contributed by atoms with van der Waals surface area (Å²) < 4.78 is 28.2. The first kappa shape index (κ1) is 19.4. The van der Waals surface area contributed by atoms with Gasteiger partial charge in [0.25, 0.3) is 10.0 Å². The van der Waals surface area contributed by atoms with Crippen LogP contribution in [0, 0.1) is 0 Å².